The Hall–Kier alpha value is -3.68. The molecule has 0 radical (unpaired) electrons. The summed E-state index contributed by atoms with van der Waals surface area (Å²) in [6, 6.07) is 10.5. The zero-order chi connectivity index (χ0) is 23.7. The lowest BCUT2D eigenvalue weighted by atomic mass is 10.1. The molecule has 2 aromatic carbocycles. The fraction of sp³-hybridized carbons (Fsp3) is 0.333. The fourth-order valence-corrected chi connectivity index (χ4v) is 2.82. The van der Waals surface area contributed by atoms with Crippen molar-refractivity contribution in [2.75, 3.05) is 21.3 Å². The molecule has 0 aliphatic rings. The summed E-state index contributed by atoms with van der Waals surface area (Å²) in [5, 5.41) is 11.1. The fourth-order valence-electron chi connectivity index (χ4n) is 2.82. The predicted molar refractivity (Wildman–Crippen MR) is 127 cm³/mol. The van der Waals surface area contributed by atoms with E-state index in [4.69, 9.17) is 0 Å². The second-order valence-corrected chi connectivity index (χ2v) is 7.46. The van der Waals surface area contributed by atoms with Gasteiger partial charge >= 0.3 is 0 Å². The standard InChI is InChI=1S/C24H30N4O4/c1-5-21(29)27-19-13-17(9-7-15(19)3)25-23(31)11-12-24(32)26-18-10-8-16(4)20(14-18)28-22(30)6-2/h7-10,13-14H,5-6,11-12H2,1-4H3,(H,25,31)(H,26,32)(H,27,29)(H,28,30). The molecule has 0 saturated heterocycles. The van der Waals surface area contributed by atoms with Crippen molar-refractivity contribution in [1.82, 2.24) is 0 Å². The summed E-state index contributed by atoms with van der Waals surface area (Å²) < 4.78 is 0. The van der Waals surface area contributed by atoms with Gasteiger partial charge in [0, 0.05) is 48.4 Å². The number of aryl methyl sites for hydroxylation is 2. The van der Waals surface area contributed by atoms with Gasteiger partial charge in [-0.25, -0.2) is 0 Å². The molecule has 2 aromatic rings. The van der Waals surface area contributed by atoms with Crippen molar-refractivity contribution in [3.8, 4) is 0 Å². The minimum absolute atomic E-state index is 0.00164. The van der Waals surface area contributed by atoms with E-state index in [-0.39, 0.29) is 36.5 Å². The van der Waals surface area contributed by atoms with E-state index in [0.29, 0.717) is 35.6 Å². The molecule has 0 aliphatic heterocycles. The zero-order valence-corrected chi connectivity index (χ0v) is 18.9. The van der Waals surface area contributed by atoms with Crippen LogP contribution in [0, 0.1) is 13.8 Å². The van der Waals surface area contributed by atoms with Crippen molar-refractivity contribution in [3.63, 3.8) is 0 Å². The lowest BCUT2D eigenvalue weighted by Gasteiger charge is -2.12. The van der Waals surface area contributed by atoms with E-state index in [0.717, 1.165) is 11.1 Å². The molecule has 0 bridgehead atoms. The molecule has 0 atom stereocenters. The van der Waals surface area contributed by atoms with Gasteiger partial charge in [0.25, 0.3) is 0 Å². The second-order valence-electron chi connectivity index (χ2n) is 7.46. The first-order valence-corrected chi connectivity index (χ1v) is 10.6. The largest absolute Gasteiger partial charge is 0.326 e. The highest BCUT2D eigenvalue weighted by atomic mass is 16.2. The molecule has 0 saturated carbocycles. The molecule has 2 rings (SSSR count). The highest BCUT2D eigenvalue weighted by Crippen LogP contribution is 2.22. The van der Waals surface area contributed by atoms with Gasteiger partial charge in [0.2, 0.25) is 23.6 Å². The summed E-state index contributed by atoms with van der Waals surface area (Å²) in [5.41, 5.74) is 4.13. The maximum Gasteiger partial charge on any atom is 0.224 e. The van der Waals surface area contributed by atoms with Crippen LogP contribution in [-0.4, -0.2) is 23.6 Å². The van der Waals surface area contributed by atoms with Crippen LogP contribution < -0.4 is 21.3 Å². The Bertz CT molecular complexity index is 936. The molecule has 0 aromatic heterocycles. The van der Waals surface area contributed by atoms with Gasteiger partial charge in [0.1, 0.15) is 0 Å². The Labute approximate surface area is 188 Å². The summed E-state index contributed by atoms with van der Waals surface area (Å²) in [6.45, 7) is 7.26. The molecule has 8 heteroatoms. The molecule has 0 unspecified atom stereocenters. The van der Waals surface area contributed by atoms with Crippen LogP contribution in [0.4, 0.5) is 22.7 Å². The first kappa shape index (κ1) is 24.6. The maximum atomic E-state index is 12.3. The Morgan fingerprint density at radius 1 is 0.594 bits per heavy atom. The summed E-state index contributed by atoms with van der Waals surface area (Å²) in [6.07, 6.45) is 0.723. The highest BCUT2D eigenvalue weighted by Gasteiger charge is 2.11. The summed E-state index contributed by atoms with van der Waals surface area (Å²) >= 11 is 0. The number of carbonyl (C=O) groups is 4. The van der Waals surface area contributed by atoms with Crippen molar-refractivity contribution in [1.29, 1.82) is 0 Å². The van der Waals surface area contributed by atoms with Crippen LogP contribution in [0.1, 0.15) is 50.7 Å². The highest BCUT2D eigenvalue weighted by molar-refractivity contribution is 5.98. The quantitative estimate of drug-likeness (QED) is 0.465. The van der Waals surface area contributed by atoms with E-state index >= 15 is 0 Å². The number of benzene rings is 2. The smallest absolute Gasteiger partial charge is 0.224 e. The van der Waals surface area contributed by atoms with Gasteiger partial charge in [-0.15, -0.1) is 0 Å². The molecular formula is C24H30N4O4. The average molecular weight is 439 g/mol. The minimum atomic E-state index is -0.309. The zero-order valence-electron chi connectivity index (χ0n) is 18.9. The van der Waals surface area contributed by atoms with Crippen molar-refractivity contribution < 1.29 is 19.2 Å². The van der Waals surface area contributed by atoms with E-state index in [9.17, 15) is 19.2 Å². The SMILES string of the molecule is CCC(=O)Nc1cc(NC(=O)CCC(=O)Nc2ccc(C)c(NC(=O)CC)c2)ccc1C. The van der Waals surface area contributed by atoms with Gasteiger partial charge in [-0.2, -0.15) is 0 Å². The molecular weight excluding hydrogens is 408 g/mol. The van der Waals surface area contributed by atoms with Crippen molar-refractivity contribution >= 4 is 46.4 Å². The molecule has 0 heterocycles. The van der Waals surface area contributed by atoms with Crippen molar-refractivity contribution in [2.45, 2.75) is 53.4 Å². The van der Waals surface area contributed by atoms with Crippen LogP contribution >= 0.6 is 0 Å². The topological polar surface area (TPSA) is 116 Å². The normalized spacial score (nSPS) is 10.2. The van der Waals surface area contributed by atoms with Gasteiger partial charge in [-0.05, 0) is 49.2 Å². The average Bonchev–Trinajstić information content (AvgIpc) is 2.76. The summed E-state index contributed by atoms with van der Waals surface area (Å²) in [7, 11) is 0. The number of carbonyl (C=O) groups excluding carboxylic acids is 4. The number of rotatable bonds is 9. The Balaban J connectivity index is 1.90. The number of anilines is 4. The first-order chi connectivity index (χ1) is 15.2. The van der Waals surface area contributed by atoms with E-state index in [1.807, 2.05) is 13.8 Å². The van der Waals surface area contributed by atoms with E-state index < -0.39 is 0 Å². The summed E-state index contributed by atoms with van der Waals surface area (Å²) in [4.78, 5) is 47.8. The van der Waals surface area contributed by atoms with Crippen LogP contribution in [0.15, 0.2) is 36.4 Å². The number of hydrogen-bond donors (Lipinski definition) is 4. The Morgan fingerprint density at radius 3 is 1.31 bits per heavy atom. The lowest BCUT2D eigenvalue weighted by molar-refractivity contribution is -0.121. The van der Waals surface area contributed by atoms with Gasteiger partial charge < -0.3 is 21.3 Å². The first-order valence-electron chi connectivity index (χ1n) is 10.6. The Morgan fingerprint density at radius 2 is 0.969 bits per heavy atom. The third-order valence-electron chi connectivity index (χ3n) is 4.81. The van der Waals surface area contributed by atoms with E-state index in [1.165, 1.54) is 0 Å². The van der Waals surface area contributed by atoms with Gasteiger partial charge in [-0.1, -0.05) is 26.0 Å². The number of hydrogen-bond acceptors (Lipinski definition) is 4. The van der Waals surface area contributed by atoms with Gasteiger partial charge in [-0.3, -0.25) is 19.2 Å². The lowest BCUT2D eigenvalue weighted by Crippen LogP contribution is -2.18. The van der Waals surface area contributed by atoms with Crippen LogP contribution in [0.3, 0.4) is 0 Å². The third-order valence-corrected chi connectivity index (χ3v) is 4.81. The van der Waals surface area contributed by atoms with Crippen LogP contribution in [0.25, 0.3) is 0 Å². The minimum Gasteiger partial charge on any atom is -0.326 e. The van der Waals surface area contributed by atoms with Crippen molar-refractivity contribution in [3.05, 3.63) is 47.5 Å². The Kier molecular flexibility index (Phi) is 8.95. The molecule has 32 heavy (non-hydrogen) atoms. The second kappa shape index (κ2) is 11.6. The monoisotopic (exact) mass is 438 g/mol. The van der Waals surface area contributed by atoms with Gasteiger partial charge in [0.15, 0.2) is 0 Å². The van der Waals surface area contributed by atoms with Crippen LogP contribution in [0.5, 0.6) is 0 Å². The summed E-state index contributed by atoms with van der Waals surface area (Å²) in [5.74, 6) is -0.836. The molecule has 0 fully saturated rings. The van der Waals surface area contributed by atoms with E-state index in [2.05, 4.69) is 21.3 Å². The molecule has 170 valence electrons. The molecule has 0 aliphatic carbocycles. The van der Waals surface area contributed by atoms with E-state index in [1.54, 1.807) is 50.2 Å². The third kappa shape index (κ3) is 7.54. The molecule has 8 nitrogen and oxygen atoms in total. The molecule has 0 spiro atoms. The maximum absolute atomic E-state index is 12.3. The molecule has 4 N–H and O–H groups in total. The predicted octanol–water partition coefficient (Wildman–Crippen LogP) is 4.36. The van der Waals surface area contributed by atoms with Crippen molar-refractivity contribution in [2.24, 2.45) is 0 Å². The van der Waals surface area contributed by atoms with Crippen LogP contribution in [0.2, 0.25) is 0 Å². The molecule has 4 amide bonds. The number of amides is 4. The van der Waals surface area contributed by atoms with Gasteiger partial charge in [0.05, 0.1) is 0 Å². The van der Waals surface area contributed by atoms with Crippen LogP contribution in [-0.2, 0) is 19.2 Å². The number of nitrogens with one attached hydrogen (secondary N) is 4.